The summed E-state index contributed by atoms with van der Waals surface area (Å²) >= 11 is 0. The van der Waals surface area contributed by atoms with E-state index >= 15 is 0 Å². The molecule has 0 aliphatic rings. The summed E-state index contributed by atoms with van der Waals surface area (Å²) < 4.78 is 0. The van der Waals surface area contributed by atoms with E-state index in [-0.39, 0.29) is 17.0 Å². The molecule has 0 unspecified atom stereocenters. The fourth-order valence-electron chi connectivity index (χ4n) is 0.402. The third-order valence-corrected chi connectivity index (χ3v) is 1.24. The largest absolute Gasteiger partial charge is 0.511 e. The molecular weight excluding hydrogens is 140 g/mol. The monoisotopic (exact) mass is 155 g/mol. The first-order valence-electron chi connectivity index (χ1n) is 3.38. The van der Waals surface area contributed by atoms with E-state index in [0.29, 0.717) is 0 Å². The van der Waals surface area contributed by atoms with Gasteiger partial charge in [0.15, 0.2) is 0 Å². The van der Waals surface area contributed by atoms with Crippen LogP contribution in [0.25, 0.3) is 0 Å². The number of rotatable bonds is 1. The van der Waals surface area contributed by atoms with Crippen molar-refractivity contribution >= 4 is 12.6 Å². The quantitative estimate of drug-likeness (QED) is 0.320. The summed E-state index contributed by atoms with van der Waals surface area (Å²) in [4.78, 5) is 3.45. The summed E-state index contributed by atoms with van der Waals surface area (Å²) in [5.74, 6) is 0.444. The molecule has 62 valence electrons. The third kappa shape index (κ3) is 3.55. The molecule has 0 aromatic carbocycles. The third-order valence-electron chi connectivity index (χ3n) is 1.24. The van der Waals surface area contributed by atoms with Crippen LogP contribution in [-0.4, -0.2) is 17.7 Å². The van der Waals surface area contributed by atoms with Crippen LogP contribution in [0.5, 0.6) is 0 Å². The molecule has 0 rings (SSSR count). The number of aliphatic hydroxyl groups excluding tert-OH is 1. The summed E-state index contributed by atoms with van der Waals surface area (Å²) in [6, 6.07) is 0. The van der Waals surface area contributed by atoms with Crippen molar-refractivity contribution in [1.29, 1.82) is 0 Å². The zero-order valence-corrected chi connectivity index (χ0v) is 7.26. The molecular formula is C8H15N2O+. The Bertz CT molecular complexity index is 199. The summed E-state index contributed by atoms with van der Waals surface area (Å²) in [6.07, 6.45) is 1.41. The molecule has 0 saturated carbocycles. The van der Waals surface area contributed by atoms with Gasteiger partial charge in [0.25, 0.3) is 0 Å². The van der Waals surface area contributed by atoms with Gasteiger partial charge in [0.1, 0.15) is 12.5 Å². The number of nitrogens with zero attached hydrogens (tertiary/aromatic N) is 1. The molecule has 0 radical (unpaired) electrons. The first-order valence-corrected chi connectivity index (χ1v) is 3.38. The molecule has 0 aliphatic carbocycles. The second kappa shape index (κ2) is 3.32. The minimum Gasteiger partial charge on any atom is -0.511 e. The van der Waals surface area contributed by atoms with E-state index in [2.05, 4.69) is 11.7 Å². The van der Waals surface area contributed by atoms with Crippen LogP contribution in [0.2, 0.25) is 0 Å². The van der Waals surface area contributed by atoms with Gasteiger partial charge in [0.2, 0.25) is 0 Å². The van der Waals surface area contributed by atoms with Crippen LogP contribution in [0.15, 0.2) is 16.8 Å². The van der Waals surface area contributed by atoms with Crippen molar-refractivity contribution < 1.29 is 10.5 Å². The maximum absolute atomic E-state index is 9.36. The highest BCUT2D eigenvalue weighted by molar-refractivity contribution is 5.91. The number of aliphatic imine (C=N–C) groups is 1. The highest BCUT2D eigenvalue weighted by Gasteiger charge is 2.17. The van der Waals surface area contributed by atoms with Crippen LogP contribution < -0.4 is 5.41 Å². The van der Waals surface area contributed by atoms with Crippen LogP contribution in [-0.2, 0) is 0 Å². The van der Waals surface area contributed by atoms with E-state index in [1.807, 2.05) is 20.8 Å². The predicted molar refractivity (Wildman–Crippen MR) is 46.6 cm³/mol. The van der Waals surface area contributed by atoms with Crippen molar-refractivity contribution in [3.8, 4) is 0 Å². The smallest absolute Gasteiger partial charge is 0.316 e. The second-order valence-electron chi connectivity index (χ2n) is 3.36. The molecule has 3 heteroatoms. The number of aliphatic hydroxyl groups is 1. The molecule has 0 atom stereocenters. The van der Waals surface area contributed by atoms with Gasteiger partial charge in [-0.05, 0) is 0 Å². The van der Waals surface area contributed by atoms with Gasteiger partial charge in [-0.15, -0.1) is 0 Å². The van der Waals surface area contributed by atoms with Crippen molar-refractivity contribution in [2.45, 2.75) is 20.8 Å². The maximum atomic E-state index is 9.36. The molecule has 0 spiro atoms. The average molecular weight is 155 g/mol. The Morgan fingerprint density at radius 2 is 2.00 bits per heavy atom. The Hall–Kier alpha value is -1.12. The molecule has 0 fully saturated rings. The fraction of sp³-hybridized carbons (Fsp3) is 0.500. The number of allylic oxidation sites excluding steroid dienone is 1. The zero-order valence-electron chi connectivity index (χ0n) is 7.26. The highest BCUT2D eigenvalue weighted by atomic mass is 16.3. The second-order valence-corrected chi connectivity index (χ2v) is 3.36. The number of hydrogen-bond acceptors (Lipinski definition) is 1. The Labute approximate surface area is 67.0 Å². The lowest BCUT2D eigenvalue weighted by atomic mass is 9.93. The van der Waals surface area contributed by atoms with Gasteiger partial charge < -0.3 is 5.11 Å². The zero-order chi connectivity index (χ0) is 9.07. The molecule has 0 aromatic heterocycles. The van der Waals surface area contributed by atoms with Crippen LogP contribution in [0.4, 0.5) is 0 Å². The first-order chi connectivity index (χ1) is 4.88. The van der Waals surface area contributed by atoms with Gasteiger partial charge in [-0.25, -0.2) is 0 Å². The number of amidine groups is 1. The van der Waals surface area contributed by atoms with Crippen LogP contribution in [0, 0.1) is 5.41 Å². The van der Waals surface area contributed by atoms with E-state index in [9.17, 15) is 5.11 Å². The van der Waals surface area contributed by atoms with Crippen molar-refractivity contribution in [2.24, 2.45) is 10.4 Å². The highest BCUT2D eigenvalue weighted by Crippen LogP contribution is 2.21. The van der Waals surface area contributed by atoms with Crippen LogP contribution in [0.3, 0.4) is 0 Å². The molecule has 11 heavy (non-hydrogen) atoms. The number of nitrogens with two attached hydrogens (primary N) is 1. The summed E-state index contributed by atoms with van der Waals surface area (Å²) in [5, 5.41) is 14.7. The van der Waals surface area contributed by atoms with Crippen LogP contribution in [0.1, 0.15) is 20.8 Å². The molecule has 0 heterocycles. The Balaban J connectivity index is 4.47. The lowest BCUT2D eigenvalue weighted by Gasteiger charge is -2.15. The van der Waals surface area contributed by atoms with E-state index in [1.54, 1.807) is 0 Å². The van der Waals surface area contributed by atoms with Crippen molar-refractivity contribution in [3.05, 3.63) is 11.8 Å². The fourth-order valence-corrected chi connectivity index (χ4v) is 0.402. The summed E-state index contributed by atoms with van der Waals surface area (Å²) in [7, 11) is 0. The van der Waals surface area contributed by atoms with E-state index in [1.165, 1.54) is 6.08 Å². The van der Waals surface area contributed by atoms with Gasteiger partial charge in [-0.1, -0.05) is 25.8 Å². The van der Waals surface area contributed by atoms with E-state index in [0.717, 1.165) is 0 Å². The van der Waals surface area contributed by atoms with Gasteiger partial charge in [0.05, 0.1) is 6.08 Å². The van der Waals surface area contributed by atoms with Gasteiger partial charge in [-0.2, -0.15) is 0 Å². The molecule has 0 amide bonds. The molecule has 0 saturated heterocycles. The van der Waals surface area contributed by atoms with E-state index < -0.39 is 0 Å². The minimum absolute atomic E-state index is 0.211. The van der Waals surface area contributed by atoms with E-state index in [4.69, 9.17) is 5.41 Å². The van der Waals surface area contributed by atoms with Gasteiger partial charge >= 0.3 is 5.84 Å². The Kier molecular flexibility index (Phi) is 2.99. The topological polar surface area (TPSA) is 58.2 Å². The SMILES string of the molecule is C=NC(=[NH2+])/C=C(\O)C(C)(C)C. The van der Waals surface area contributed by atoms with Gasteiger partial charge in [-0.3, -0.25) is 5.41 Å². The van der Waals surface area contributed by atoms with Crippen molar-refractivity contribution in [3.63, 3.8) is 0 Å². The maximum Gasteiger partial charge on any atom is 0.316 e. The minimum atomic E-state index is -0.282. The average Bonchev–Trinajstić information content (AvgIpc) is 1.85. The number of hydrogen-bond donors (Lipinski definition) is 2. The summed E-state index contributed by atoms with van der Waals surface area (Å²) in [5.41, 5.74) is -0.282. The molecule has 0 aliphatic heterocycles. The molecule has 0 aromatic rings. The summed E-state index contributed by atoms with van der Waals surface area (Å²) in [6.45, 7) is 8.88. The molecule has 3 nitrogen and oxygen atoms in total. The van der Waals surface area contributed by atoms with Crippen LogP contribution >= 0.6 is 0 Å². The van der Waals surface area contributed by atoms with Crippen molar-refractivity contribution in [2.75, 3.05) is 0 Å². The standard InChI is InChI=1S/C8H14N2O/c1-8(2,3)6(11)5-7(9)10-4/h5,9,11H,4H2,1-3H3/p+1/b6-5-,9-7?. The van der Waals surface area contributed by atoms with Crippen molar-refractivity contribution in [1.82, 2.24) is 0 Å². The first kappa shape index (κ1) is 9.88. The predicted octanol–water partition coefficient (Wildman–Crippen LogP) is 0.333. The lowest BCUT2D eigenvalue weighted by Crippen LogP contribution is -2.37. The lowest BCUT2D eigenvalue weighted by molar-refractivity contribution is -0.113. The Morgan fingerprint density at radius 3 is 2.27 bits per heavy atom. The molecule has 3 N–H and O–H groups in total. The Morgan fingerprint density at radius 1 is 1.55 bits per heavy atom. The normalized spacial score (nSPS) is 12.8. The molecule has 0 bridgehead atoms. The van der Waals surface area contributed by atoms with Gasteiger partial charge in [0, 0.05) is 5.41 Å².